The standard InChI is InChI=1S/C23H25N5O2/c24-22(18-4-2-12-28(15-18)14-16-6-8-19(29)9-7-16)27-23(30)26-21-5-1-3-17-13-25-11-10-20(17)21/h1,3,5-11,13,18,29H,2,4,12,14-15H2,(H3,24,26,27,30). The molecule has 1 fully saturated rings. The number of urea groups is 1. The number of aliphatic imine (C=N–C) groups is 1. The van der Waals surface area contributed by atoms with Gasteiger partial charge in [-0.1, -0.05) is 24.3 Å². The van der Waals surface area contributed by atoms with Gasteiger partial charge in [0.15, 0.2) is 0 Å². The van der Waals surface area contributed by atoms with Gasteiger partial charge in [-0.05, 0) is 49.2 Å². The van der Waals surface area contributed by atoms with Gasteiger partial charge >= 0.3 is 6.03 Å². The van der Waals surface area contributed by atoms with Crippen molar-refractivity contribution in [2.45, 2.75) is 19.4 Å². The SMILES string of the molecule is N/C(=N\C(=O)Nc1cccc2cnccc12)C1CCCN(Cc2ccc(O)cc2)C1. The van der Waals surface area contributed by atoms with Crippen molar-refractivity contribution >= 4 is 28.3 Å². The van der Waals surface area contributed by atoms with Gasteiger partial charge in [0.2, 0.25) is 0 Å². The second kappa shape index (κ2) is 8.92. The second-order valence-corrected chi connectivity index (χ2v) is 7.61. The highest BCUT2D eigenvalue weighted by molar-refractivity contribution is 6.05. The first-order valence-electron chi connectivity index (χ1n) is 10.1. The number of rotatable bonds is 4. The van der Waals surface area contributed by atoms with E-state index in [9.17, 15) is 9.90 Å². The third kappa shape index (κ3) is 4.75. The van der Waals surface area contributed by atoms with E-state index < -0.39 is 6.03 Å². The van der Waals surface area contributed by atoms with E-state index in [2.05, 4.69) is 20.2 Å². The van der Waals surface area contributed by atoms with E-state index in [1.165, 1.54) is 0 Å². The summed E-state index contributed by atoms with van der Waals surface area (Å²) >= 11 is 0. The molecule has 0 saturated carbocycles. The lowest BCUT2D eigenvalue weighted by molar-refractivity contribution is 0.196. The minimum atomic E-state index is -0.465. The van der Waals surface area contributed by atoms with Crippen LogP contribution in [0.3, 0.4) is 0 Å². The molecule has 1 unspecified atom stereocenters. The van der Waals surface area contributed by atoms with Crippen molar-refractivity contribution < 1.29 is 9.90 Å². The highest BCUT2D eigenvalue weighted by Crippen LogP contribution is 2.23. The van der Waals surface area contributed by atoms with E-state index in [1.54, 1.807) is 24.5 Å². The molecule has 1 aliphatic heterocycles. The zero-order chi connectivity index (χ0) is 20.9. The number of anilines is 1. The summed E-state index contributed by atoms with van der Waals surface area (Å²) in [7, 11) is 0. The van der Waals surface area contributed by atoms with Crippen molar-refractivity contribution in [1.29, 1.82) is 0 Å². The molecule has 1 saturated heterocycles. The maximum Gasteiger partial charge on any atom is 0.347 e. The number of fused-ring (bicyclic) bond motifs is 1. The summed E-state index contributed by atoms with van der Waals surface area (Å²) in [4.78, 5) is 23.0. The van der Waals surface area contributed by atoms with Crippen molar-refractivity contribution in [3.63, 3.8) is 0 Å². The summed E-state index contributed by atoms with van der Waals surface area (Å²) in [6.07, 6.45) is 5.36. The number of nitrogens with one attached hydrogen (secondary N) is 1. The number of hydrogen-bond donors (Lipinski definition) is 3. The van der Waals surface area contributed by atoms with Gasteiger partial charge in [-0.25, -0.2) is 4.79 Å². The normalized spacial score (nSPS) is 17.7. The Morgan fingerprint density at radius 1 is 1.23 bits per heavy atom. The molecule has 4 rings (SSSR count). The number of amides is 2. The lowest BCUT2D eigenvalue weighted by Gasteiger charge is -2.32. The molecule has 1 aliphatic rings. The van der Waals surface area contributed by atoms with E-state index in [-0.39, 0.29) is 11.7 Å². The summed E-state index contributed by atoms with van der Waals surface area (Å²) in [5.41, 5.74) is 8.03. The first kappa shape index (κ1) is 19.8. The van der Waals surface area contributed by atoms with Crippen LogP contribution in [-0.2, 0) is 6.54 Å². The van der Waals surface area contributed by atoms with Gasteiger partial charge < -0.3 is 16.2 Å². The minimum absolute atomic E-state index is 0.0401. The fourth-order valence-electron chi connectivity index (χ4n) is 3.88. The lowest BCUT2D eigenvalue weighted by atomic mass is 9.96. The van der Waals surface area contributed by atoms with Gasteiger partial charge in [0.1, 0.15) is 11.6 Å². The summed E-state index contributed by atoms with van der Waals surface area (Å²) in [6, 6.07) is 14.3. The first-order valence-corrected chi connectivity index (χ1v) is 10.1. The second-order valence-electron chi connectivity index (χ2n) is 7.61. The third-order valence-corrected chi connectivity index (χ3v) is 5.42. The van der Waals surface area contributed by atoms with Crippen molar-refractivity contribution in [3.05, 3.63) is 66.5 Å². The van der Waals surface area contributed by atoms with Crippen molar-refractivity contribution in [1.82, 2.24) is 9.88 Å². The number of aromatic hydroxyl groups is 1. The Hall–Kier alpha value is -3.45. The number of phenolic OH excluding ortho intramolecular Hbond substituents is 1. The topological polar surface area (TPSA) is 104 Å². The summed E-state index contributed by atoms with van der Waals surface area (Å²) in [6.45, 7) is 2.50. The maximum absolute atomic E-state index is 12.5. The van der Waals surface area contributed by atoms with Crippen LogP contribution < -0.4 is 11.1 Å². The Kier molecular flexibility index (Phi) is 5.90. The Morgan fingerprint density at radius 3 is 2.90 bits per heavy atom. The molecule has 0 aliphatic carbocycles. The molecule has 0 spiro atoms. The monoisotopic (exact) mass is 403 g/mol. The molecule has 7 heteroatoms. The van der Waals surface area contributed by atoms with Gasteiger partial charge in [-0.15, -0.1) is 0 Å². The van der Waals surface area contributed by atoms with Crippen LogP contribution in [0.4, 0.5) is 10.5 Å². The van der Waals surface area contributed by atoms with E-state index in [0.29, 0.717) is 11.5 Å². The molecule has 2 amide bonds. The fourth-order valence-corrected chi connectivity index (χ4v) is 3.88. The van der Waals surface area contributed by atoms with Crippen LogP contribution in [-0.4, -0.2) is 39.9 Å². The molecule has 1 atom stereocenters. The molecule has 30 heavy (non-hydrogen) atoms. The molecule has 154 valence electrons. The fraction of sp³-hybridized carbons (Fsp3) is 0.261. The molecule has 4 N–H and O–H groups in total. The van der Waals surface area contributed by atoms with Crippen LogP contribution in [0.1, 0.15) is 18.4 Å². The number of piperidine rings is 1. The van der Waals surface area contributed by atoms with Gasteiger partial charge in [0.25, 0.3) is 0 Å². The van der Waals surface area contributed by atoms with Crippen molar-refractivity contribution in [2.75, 3.05) is 18.4 Å². The van der Waals surface area contributed by atoms with Crippen LogP contribution in [0.25, 0.3) is 10.8 Å². The number of hydrogen-bond acceptors (Lipinski definition) is 4. The zero-order valence-corrected chi connectivity index (χ0v) is 16.7. The number of nitrogens with two attached hydrogens (primary N) is 1. The van der Waals surface area contributed by atoms with Crippen LogP contribution in [0, 0.1) is 5.92 Å². The number of pyridine rings is 1. The van der Waals surface area contributed by atoms with Gasteiger partial charge in [-0.3, -0.25) is 9.88 Å². The largest absolute Gasteiger partial charge is 0.508 e. The van der Waals surface area contributed by atoms with Gasteiger partial charge in [-0.2, -0.15) is 4.99 Å². The van der Waals surface area contributed by atoms with E-state index in [1.807, 2.05) is 36.4 Å². The molecular weight excluding hydrogens is 378 g/mol. The number of nitrogens with zero attached hydrogens (tertiary/aromatic N) is 3. The number of carbonyl (C=O) groups is 1. The number of aromatic nitrogens is 1. The van der Waals surface area contributed by atoms with Crippen LogP contribution in [0.15, 0.2) is 65.9 Å². The summed E-state index contributed by atoms with van der Waals surface area (Å²) in [5.74, 6) is 0.670. The van der Waals surface area contributed by atoms with Crippen LogP contribution >= 0.6 is 0 Å². The van der Waals surface area contributed by atoms with Crippen LogP contribution in [0.5, 0.6) is 5.75 Å². The predicted octanol–water partition coefficient (Wildman–Crippen LogP) is 3.74. The lowest BCUT2D eigenvalue weighted by Crippen LogP contribution is -2.41. The van der Waals surface area contributed by atoms with Crippen molar-refractivity contribution in [3.8, 4) is 5.75 Å². The maximum atomic E-state index is 12.5. The average molecular weight is 403 g/mol. The molecule has 2 heterocycles. The summed E-state index contributed by atoms with van der Waals surface area (Å²) in [5, 5.41) is 14.1. The number of benzene rings is 2. The molecule has 3 aromatic rings. The van der Waals surface area contributed by atoms with Crippen LogP contribution in [0.2, 0.25) is 0 Å². The highest BCUT2D eigenvalue weighted by atomic mass is 16.3. The van der Waals surface area contributed by atoms with Gasteiger partial charge in [0.05, 0.1) is 5.69 Å². The quantitative estimate of drug-likeness (QED) is 0.455. The smallest absolute Gasteiger partial charge is 0.347 e. The van der Waals surface area contributed by atoms with E-state index in [4.69, 9.17) is 5.73 Å². The number of phenols is 1. The molecule has 0 bridgehead atoms. The first-order chi connectivity index (χ1) is 14.6. The molecule has 2 aromatic carbocycles. The molecule has 1 aromatic heterocycles. The van der Waals surface area contributed by atoms with E-state index >= 15 is 0 Å². The summed E-state index contributed by atoms with van der Waals surface area (Å²) < 4.78 is 0. The Bertz CT molecular complexity index is 1060. The predicted molar refractivity (Wildman–Crippen MR) is 118 cm³/mol. The molecular formula is C23H25N5O2. The van der Waals surface area contributed by atoms with Crippen molar-refractivity contribution in [2.24, 2.45) is 16.6 Å². The zero-order valence-electron chi connectivity index (χ0n) is 16.7. The highest BCUT2D eigenvalue weighted by Gasteiger charge is 2.23. The molecule has 7 nitrogen and oxygen atoms in total. The number of amidine groups is 1. The Labute approximate surface area is 175 Å². The number of carbonyl (C=O) groups excluding carboxylic acids is 1. The molecule has 0 radical (unpaired) electrons. The number of likely N-dealkylation sites (tertiary alicyclic amines) is 1. The Morgan fingerprint density at radius 2 is 2.07 bits per heavy atom. The Balaban J connectivity index is 1.40. The van der Waals surface area contributed by atoms with E-state index in [0.717, 1.165) is 48.8 Å². The minimum Gasteiger partial charge on any atom is -0.508 e. The van der Waals surface area contributed by atoms with Gasteiger partial charge in [0, 0.05) is 42.2 Å². The average Bonchev–Trinajstić information content (AvgIpc) is 2.76. The third-order valence-electron chi connectivity index (χ3n) is 5.42.